The minimum absolute atomic E-state index is 0.0430. The molecular weight excluding hydrogens is 286 g/mol. The smallest absolute Gasteiger partial charge is 0.226 e. The van der Waals surface area contributed by atoms with Gasteiger partial charge in [-0.1, -0.05) is 12.1 Å². The highest BCUT2D eigenvalue weighted by molar-refractivity contribution is 7.13. The molecule has 1 amide bonds. The highest BCUT2D eigenvalue weighted by Gasteiger charge is 2.10. The molecule has 1 unspecified atom stereocenters. The molecule has 1 aromatic heterocycles. The van der Waals surface area contributed by atoms with E-state index in [4.69, 9.17) is 5.73 Å². The van der Waals surface area contributed by atoms with Crippen LogP contribution >= 0.6 is 11.3 Å². The highest BCUT2D eigenvalue weighted by Crippen LogP contribution is 2.13. The quantitative estimate of drug-likeness (QED) is 0.762. The van der Waals surface area contributed by atoms with Gasteiger partial charge in [-0.05, 0) is 37.5 Å². The number of aromatic hydroxyl groups is 1. The summed E-state index contributed by atoms with van der Waals surface area (Å²) in [7, 11) is 0. The molecule has 2 rings (SSSR count). The largest absolute Gasteiger partial charge is 0.508 e. The third-order valence-electron chi connectivity index (χ3n) is 3.12. The van der Waals surface area contributed by atoms with Crippen LogP contribution in [0.4, 0.5) is 5.13 Å². The Balaban J connectivity index is 1.74. The van der Waals surface area contributed by atoms with Gasteiger partial charge in [0.05, 0.1) is 12.1 Å². The van der Waals surface area contributed by atoms with Crippen molar-refractivity contribution in [3.8, 4) is 5.75 Å². The van der Waals surface area contributed by atoms with E-state index < -0.39 is 0 Å². The normalized spacial score (nSPS) is 12.0. The van der Waals surface area contributed by atoms with Gasteiger partial charge in [0, 0.05) is 11.4 Å². The maximum Gasteiger partial charge on any atom is 0.226 e. The molecule has 0 saturated heterocycles. The molecule has 112 valence electrons. The van der Waals surface area contributed by atoms with Gasteiger partial charge < -0.3 is 16.2 Å². The second-order valence-electron chi connectivity index (χ2n) is 5.03. The van der Waals surface area contributed by atoms with Crippen LogP contribution in [0.25, 0.3) is 0 Å². The molecule has 0 saturated carbocycles. The average molecular weight is 305 g/mol. The van der Waals surface area contributed by atoms with E-state index in [-0.39, 0.29) is 24.1 Å². The summed E-state index contributed by atoms with van der Waals surface area (Å²) < 4.78 is 0. The van der Waals surface area contributed by atoms with E-state index in [9.17, 15) is 9.90 Å². The van der Waals surface area contributed by atoms with Gasteiger partial charge in [-0.15, -0.1) is 11.3 Å². The zero-order chi connectivity index (χ0) is 15.2. The molecule has 1 heterocycles. The van der Waals surface area contributed by atoms with E-state index in [1.165, 1.54) is 11.3 Å². The second-order valence-corrected chi connectivity index (χ2v) is 5.92. The number of benzene rings is 1. The first-order valence-electron chi connectivity index (χ1n) is 6.80. The van der Waals surface area contributed by atoms with Crippen molar-refractivity contribution in [3.63, 3.8) is 0 Å². The van der Waals surface area contributed by atoms with Crippen LogP contribution in [0.1, 0.15) is 24.6 Å². The molecule has 0 aliphatic heterocycles. The molecule has 0 fully saturated rings. The van der Waals surface area contributed by atoms with E-state index in [0.717, 1.165) is 18.4 Å². The summed E-state index contributed by atoms with van der Waals surface area (Å²) >= 11 is 1.34. The average Bonchev–Trinajstić information content (AvgIpc) is 2.83. The van der Waals surface area contributed by atoms with E-state index in [1.807, 2.05) is 19.1 Å². The lowest BCUT2D eigenvalue weighted by atomic mass is 10.1. The van der Waals surface area contributed by atoms with Crippen LogP contribution in [0.3, 0.4) is 0 Å². The van der Waals surface area contributed by atoms with Gasteiger partial charge >= 0.3 is 0 Å². The summed E-state index contributed by atoms with van der Waals surface area (Å²) in [4.78, 5) is 15.9. The number of anilines is 1. The SMILES string of the molecule is CC(CCc1ccc(O)cc1)NC(=O)Cc1csc(N)n1. The van der Waals surface area contributed by atoms with Gasteiger partial charge in [0.25, 0.3) is 0 Å². The second kappa shape index (κ2) is 7.08. The minimum Gasteiger partial charge on any atom is -0.508 e. The molecule has 2 aromatic rings. The lowest BCUT2D eigenvalue weighted by Crippen LogP contribution is -2.34. The molecular formula is C15H19N3O2S. The van der Waals surface area contributed by atoms with Crippen LogP contribution in [0, 0.1) is 0 Å². The Hall–Kier alpha value is -2.08. The third-order valence-corrected chi connectivity index (χ3v) is 3.84. The Kier molecular flexibility index (Phi) is 5.16. The Morgan fingerprint density at radius 3 is 2.76 bits per heavy atom. The standard InChI is InChI=1S/C15H19N3O2S/c1-10(2-3-11-4-6-13(19)7-5-11)17-14(20)8-12-9-21-15(16)18-12/h4-7,9-10,19H,2-3,8H2,1H3,(H2,16,18)(H,17,20). The molecule has 0 aliphatic rings. The Bertz CT molecular complexity index is 595. The molecule has 5 nitrogen and oxygen atoms in total. The molecule has 1 aromatic carbocycles. The van der Waals surface area contributed by atoms with Gasteiger partial charge in [0.15, 0.2) is 5.13 Å². The number of aromatic nitrogens is 1. The number of thiazole rings is 1. The number of carbonyl (C=O) groups excluding carboxylic acids is 1. The maximum absolute atomic E-state index is 11.9. The molecule has 1 atom stereocenters. The van der Waals surface area contributed by atoms with E-state index in [0.29, 0.717) is 10.8 Å². The number of nitrogens with one attached hydrogen (secondary N) is 1. The van der Waals surface area contributed by atoms with Crippen molar-refractivity contribution < 1.29 is 9.90 Å². The third kappa shape index (κ3) is 5.07. The molecule has 0 spiro atoms. The first-order valence-corrected chi connectivity index (χ1v) is 7.68. The number of nitrogens with zero attached hydrogens (tertiary/aromatic N) is 1. The minimum atomic E-state index is -0.0430. The van der Waals surface area contributed by atoms with Crippen molar-refractivity contribution in [3.05, 3.63) is 40.9 Å². The number of phenolic OH excluding ortho intramolecular Hbond substituents is 1. The van der Waals surface area contributed by atoms with Crippen LogP contribution in [-0.4, -0.2) is 22.0 Å². The summed E-state index contributed by atoms with van der Waals surface area (Å²) in [5, 5.41) is 14.5. The lowest BCUT2D eigenvalue weighted by molar-refractivity contribution is -0.121. The van der Waals surface area contributed by atoms with Gasteiger partial charge in [0.1, 0.15) is 5.75 Å². The molecule has 21 heavy (non-hydrogen) atoms. The lowest BCUT2D eigenvalue weighted by Gasteiger charge is -2.13. The van der Waals surface area contributed by atoms with Gasteiger partial charge in [-0.3, -0.25) is 4.79 Å². The van der Waals surface area contributed by atoms with Crippen molar-refractivity contribution in [1.29, 1.82) is 0 Å². The van der Waals surface area contributed by atoms with Gasteiger partial charge in [-0.2, -0.15) is 0 Å². The number of rotatable bonds is 6. The van der Waals surface area contributed by atoms with Crippen LogP contribution in [-0.2, 0) is 17.6 Å². The summed E-state index contributed by atoms with van der Waals surface area (Å²) in [6, 6.07) is 7.21. The Labute approximate surface area is 127 Å². The molecule has 0 aliphatic carbocycles. The Morgan fingerprint density at radius 1 is 1.43 bits per heavy atom. The van der Waals surface area contributed by atoms with Crippen molar-refractivity contribution in [1.82, 2.24) is 10.3 Å². The molecule has 0 radical (unpaired) electrons. The van der Waals surface area contributed by atoms with Crippen molar-refractivity contribution in [2.75, 3.05) is 5.73 Å². The first-order chi connectivity index (χ1) is 10.0. The number of hydrogen-bond acceptors (Lipinski definition) is 5. The number of hydrogen-bond donors (Lipinski definition) is 3. The molecule has 4 N–H and O–H groups in total. The summed E-state index contributed by atoms with van der Waals surface area (Å²) in [5.41, 5.74) is 7.39. The highest BCUT2D eigenvalue weighted by atomic mass is 32.1. The topological polar surface area (TPSA) is 88.2 Å². The van der Waals surface area contributed by atoms with Crippen LogP contribution in [0.5, 0.6) is 5.75 Å². The fourth-order valence-corrected chi connectivity index (χ4v) is 2.57. The van der Waals surface area contributed by atoms with Crippen LogP contribution in [0.15, 0.2) is 29.6 Å². The van der Waals surface area contributed by atoms with Crippen LogP contribution in [0.2, 0.25) is 0 Å². The summed E-state index contributed by atoms with van der Waals surface area (Å²) in [6.07, 6.45) is 1.96. The maximum atomic E-state index is 11.9. The molecule has 6 heteroatoms. The predicted molar refractivity (Wildman–Crippen MR) is 84.3 cm³/mol. The summed E-state index contributed by atoms with van der Waals surface area (Å²) in [6.45, 7) is 1.98. The fourth-order valence-electron chi connectivity index (χ4n) is 2.01. The van der Waals surface area contributed by atoms with E-state index in [1.54, 1.807) is 17.5 Å². The van der Waals surface area contributed by atoms with Crippen molar-refractivity contribution in [2.24, 2.45) is 0 Å². The predicted octanol–water partition coefficient (Wildman–Crippen LogP) is 2.11. The summed E-state index contributed by atoms with van der Waals surface area (Å²) in [5.74, 6) is 0.223. The molecule has 0 bridgehead atoms. The fraction of sp³-hybridized carbons (Fsp3) is 0.333. The number of carbonyl (C=O) groups is 1. The van der Waals surface area contributed by atoms with E-state index >= 15 is 0 Å². The Morgan fingerprint density at radius 2 is 2.14 bits per heavy atom. The number of phenols is 1. The zero-order valence-electron chi connectivity index (χ0n) is 11.9. The number of nitrogens with two attached hydrogens (primary N) is 1. The number of nitrogen functional groups attached to an aromatic ring is 1. The number of amides is 1. The van der Waals surface area contributed by atoms with Gasteiger partial charge in [-0.25, -0.2) is 4.98 Å². The zero-order valence-corrected chi connectivity index (χ0v) is 12.7. The van der Waals surface area contributed by atoms with Gasteiger partial charge in [0.2, 0.25) is 5.91 Å². The monoisotopic (exact) mass is 305 g/mol. The number of aryl methyl sites for hydroxylation is 1. The van der Waals surface area contributed by atoms with Crippen molar-refractivity contribution in [2.45, 2.75) is 32.2 Å². The van der Waals surface area contributed by atoms with E-state index in [2.05, 4.69) is 10.3 Å². The van der Waals surface area contributed by atoms with Crippen molar-refractivity contribution >= 4 is 22.4 Å². The van der Waals surface area contributed by atoms with Crippen LogP contribution < -0.4 is 11.1 Å². The first kappa shape index (κ1) is 15.3.